The summed E-state index contributed by atoms with van der Waals surface area (Å²) >= 11 is 1.15. The van der Waals surface area contributed by atoms with E-state index in [0.717, 1.165) is 17.3 Å². The maximum Gasteiger partial charge on any atom is 0.573 e. The van der Waals surface area contributed by atoms with Gasteiger partial charge in [0.2, 0.25) is 5.91 Å². The van der Waals surface area contributed by atoms with E-state index in [-0.39, 0.29) is 28.7 Å². The van der Waals surface area contributed by atoms with E-state index in [2.05, 4.69) is 30.3 Å². The van der Waals surface area contributed by atoms with Gasteiger partial charge in [0.15, 0.2) is 11.0 Å². The number of rotatable bonds is 8. The highest BCUT2D eigenvalue weighted by Crippen LogP contribution is 2.35. The monoisotopic (exact) mass is 637 g/mol. The van der Waals surface area contributed by atoms with Gasteiger partial charge in [-0.2, -0.15) is 10.1 Å². The van der Waals surface area contributed by atoms with Gasteiger partial charge in [-0.05, 0) is 68.3 Å². The van der Waals surface area contributed by atoms with Crippen molar-refractivity contribution in [1.82, 2.24) is 20.2 Å². The molecule has 0 aliphatic carbocycles. The van der Waals surface area contributed by atoms with E-state index in [1.165, 1.54) is 46.4 Å². The number of nitrogens with one attached hydrogen (secondary N) is 1. The second-order valence-corrected chi connectivity index (χ2v) is 10.8. The number of aromatic nitrogens is 3. The second kappa shape index (κ2) is 13.2. The molecule has 1 aliphatic rings. The molecule has 1 fully saturated rings. The van der Waals surface area contributed by atoms with E-state index < -0.39 is 12.4 Å². The summed E-state index contributed by atoms with van der Waals surface area (Å²) in [6.45, 7) is 5.66. The molecule has 15 heteroatoms. The predicted octanol–water partition coefficient (Wildman–Crippen LogP) is 6.11. The zero-order valence-electron chi connectivity index (χ0n) is 24.1. The minimum absolute atomic E-state index is 0.117. The van der Waals surface area contributed by atoms with Crippen LogP contribution in [0, 0.1) is 6.92 Å². The van der Waals surface area contributed by atoms with E-state index >= 15 is 0 Å². The molecule has 232 valence electrons. The first-order chi connectivity index (χ1) is 21.4. The van der Waals surface area contributed by atoms with E-state index in [1.807, 2.05) is 32.9 Å². The number of anilines is 1. The Morgan fingerprint density at radius 3 is 2.51 bits per heavy atom. The van der Waals surface area contributed by atoms with Gasteiger partial charge in [-0.3, -0.25) is 9.69 Å². The number of benzene rings is 3. The minimum atomic E-state index is -4.77. The van der Waals surface area contributed by atoms with Crippen molar-refractivity contribution >= 4 is 40.8 Å². The fraction of sp³-hybridized carbons (Fsp3) is 0.200. The first-order valence-electron chi connectivity index (χ1n) is 13.5. The molecule has 3 aromatic carbocycles. The Labute approximate surface area is 259 Å². The zero-order chi connectivity index (χ0) is 32.1. The van der Waals surface area contributed by atoms with Crippen LogP contribution in [0.5, 0.6) is 11.5 Å². The topological polar surface area (TPSA) is 123 Å². The molecule has 0 radical (unpaired) electrons. The van der Waals surface area contributed by atoms with E-state index in [1.54, 1.807) is 30.3 Å². The number of halogens is 3. The van der Waals surface area contributed by atoms with Gasteiger partial charge in [0, 0.05) is 5.56 Å². The van der Waals surface area contributed by atoms with Crippen molar-refractivity contribution in [2.45, 2.75) is 33.2 Å². The van der Waals surface area contributed by atoms with Crippen LogP contribution in [0.3, 0.4) is 0 Å². The number of urea groups is 1. The molecule has 45 heavy (non-hydrogen) atoms. The summed E-state index contributed by atoms with van der Waals surface area (Å²) in [7, 11) is 0. The third-order valence-electron chi connectivity index (χ3n) is 6.05. The normalized spacial score (nSPS) is 14.5. The molecule has 1 aromatic heterocycles. The zero-order valence-corrected chi connectivity index (χ0v) is 25.0. The van der Waals surface area contributed by atoms with Gasteiger partial charge in [-0.15, -0.1) is 18.3 Å². The van der Waals surface area contributed by atoms with Crippen LogP contribution in [0.1, 0.15) is 25.0 Å². The molecule has 5 rings (SSSR count). The molecule has 0 unspecified atom stereocenters. The van der Waals surface area contributed by atoms with Crippen LogP contribution in [0.4, 0.5) is 23.7 Å². The number of amides is 3. The molecule has 1 N–H and O–H groups in total. The maximum atomic E-state index is 12.7. The Balaban J connectivity index is 1.21. The number of ether oxygens (including phenoxy) is 2. The average molecular weight is 638 g/mol. The molecule has 3 amide bonds. The molecule has 0 atom stereocenters. The van der Waals surface area contributed by atoms with Crippen LogP contribution < -0.4 is 19.8 Å². The molecule has 2 heterocycles. The average Bonchev–Trinajstić information content (AvgIpc) is 3.61. The van der Waals surface area contributed by atoms with Crippen LogP contribution in [0.15, 0.2) is 83.2 Å². The fourth-order valence-electron chi connectivity index (χ4n) is 4.15. The van der Waals surface area contributed by atoms with Crippen LogP contribution in [0.2, 0.25) is 0 Å². The number of aliphatic imine (C=N–C) groups is 1. The third-order valence-corrected chi connectivity index (χ3v) is 6.97. The number of thioether (sulfide) groups is 1. The van der Waals surface area contributed by atoms with Gasteiger partial charge in [-0.1, -0.05) is 42.1 Å². The van der Waals surface area contributed by atoms with E-state index in [4.69, 9.17) is 4.74 Å². The van der Waals surface area contributed by atoms with Gasteiger partial charge < -0.3 is 9.47 Å². The molecule has 1 aliphatic heterocycles. The number of hydrogen-bond acceptors (Lipinski definition) is 8. The quantitative estimate of drug-likeness (QED) is 0.183. The number of alkyl halides is 3. The molecule has 4 aromatic rings. The summed E-state index contributed by atoms with van der Waals surface area (Å²) in [5.74, 6) is 0.475. The lowest BCUT2D eigenvalue weighted by Gasteiger charge is -2.21. The van der Waals surface area contributed by atoms with Crippen molar-refractivity contribution in [3.63, 3.8) is 0 Å². The number of amidine groups is 1. The summed E-state index contributed by atoms with van der Waals surface area (Å²) in [4.78, 5) is 35.0. The van der Waals surface area contributed by atoms with Gasteiger partial charge in [0.1, 0.15) is 17.8 Å². The van der Waals surface area contributed by atoms with E-state index in [9.17, 15) is 22.8 Å². The largest absolute Gasteiger partial charge is 0.573 e. The van der Waals surface area contributed by atoms with Gasteiger partial charge in [-0.25, -0.2) is 19.9 Å². The Bertz CT molecular complexity index is 1750. The second-order valence-electron chi connectivity index (χ2n) is 9.90. The van der Waals surface area contributed by atoms with Crippen molar-refractivity contribution in [1.29, 1.82) is 0 Å². The summed E-state index contributed by atoms with van der Waals surface area (Å²) < 4.78 is 48.4. The lowest BCUT2D eigenvalue weighted by Crippen LogP contribution is -2.31. The Morgan fingerprint density at radius 2 is 1.82 bits per heavy atom. The summed E-state index contributed by atoms with van der Waals surface area (Å²) in [6.07, 6.45) is -2.02. The molecular weight excluding hydrogens is 611 g/mol. The third kappa shape index (κ3) is 8.06. The Hall–Kier alpha value is -5.18. The van der Waals surface area contributed by atoms with Gasteiger partial charge in [0.25, 0.3) is 0 Å². The fourth-order valence-corrected chi connectivity index (χ4v) is 5.01. The predicted molar refractivity (Wildman–Crippen MR) is 164 cm³/mol. The smallest absolute Gasteiger partial charge is 0.489 e. The molecule has 0 spiro atoms. The number of carbonyl (C=O) groups excluding carboxylic acids is 2. The lowest BCUT2D eigenvalue weighted by atomic mass is 10.1. The summed E-state index contributed by atoms with van der Waals surface area (Å²) in [5.41, 5.74) is 5.62. The van der Waals surface area contributed by atoms with Crippen LogP contribution >= 0.6 is 11.8 Å². The number of nitrogens with zero attached hydrogens (tertiary/aromatic N) is 6. The molecule has 0 saturated carbocycles. The van der Waals surface area contributed by atoms with Gasteiger partial charge >= 0.3 is 12.4 Å². The summed E-state index contributed by atoms with van der Waals surface area (Å²) in [5, 5.41) is 8.55. The van der Waals surface area contributed by atoms with Crippen LogP contribution in [0.25, 0.3) is 17.1 Å². The highest BCUT2D eigenvalue weighted by Gasteiger charge is 2.33. The summed E-state index contributed by atoms with van der Waals surface area (Å²) in [6, 6.07) is 16.9. The molecular formula is C30H26F3N7O4S. The van der Waals surface area contributed by atoms with Crippen LogP contribution in [-0.2, 0) is 4.79 Å². The van der Waals surface area contributed by atoms with Crippen LogP contribution in [-0.4, -0.2) is 56.3 Å². The van der Waals surface area contributed by atoms with Crippen molar-refractivity contribution < 1.29 is 32.2 Å². The highest BCUT2D eigenvalue weighted by molar-refractivity contribution is 8.15. The molecule has 1 saturated heterocycles. The SMILES string of the molecule is Cc1ccc(OC(C)C)c(N2C(=O)CS/C2=N\C(=O)N/N=C/c2ccc(-c3ncn(-c4ccc(OC(F)(F)F)cc4)n3)cc2)c1. The standard InChI is InChI=1S/C30H26F3N7O4S/c1-18(2)43-25-13-4-19(3)14-24(25)40-26(41)16-45-29(40)36-28(42)37-35-15-20-5-7-21(8-6-20)27-34-17-39(38-27)22-9-11-23(12-10-22)44-30(31,32)33/h4-15,17-18H,16H2,1-3H3,(H,37,42)/b35-15+,36-29-. The first-order valence-corrected chi connectivity index (χ1v) is 14.5. The van der Waals surface area contributed by atoms with Crippen molar-refractivity contribution in [3.8, 4) is 28.6 Å². The number of carbonyl (C=O) groups is 2. The number of hydrazone groups is 1. The maximum absolute atomic E-state index is 12.7. The first kappa shape index (κ1) is 31.3. The van der Waals surface area contributed by atoms with Crippen molar-refractivity contribution in [2.75, 3.05) is 10.7 Å². The highest BCUT2D eigenvalue weighted by atomic mass is 32.2. The number of hydrogen-bond donors (Lipinski definition) is 1. The number of aryl methyl sites for hydroxylation is 1. The van der Waals surface area contributed by atoms with Gasteiger partial charge in [0.05, 0.1) is 29.4 Å². The van der Waals surface area contributed by atoms with Crippen molar-refractivity contribution in [3.05, 3.63) is 84.2 Å². The van der Waals surface area contributed by atoms with Crippen molar-refractivity contribution in [2.24, 2.45) is 10.1 Å². The Morgan fingerprint density at radius 1 is 1.09 bits per heavy atom. The van der Waals surface area contributed by atoms with E-state index in [0.29, 0.717) is 34.1 Å². The molecule has 11 nitrogen and oxygen atoms in total. The minimum Gasteiger partial charge on any atom is -0.489 e. The Kier molecular flexibility index (Phi) is 9.18. The molecule has 0 bridgehead atoms. The lowest BCUT2D eigenvalue weighted by molar-refractivity contribution is -0.274.